The number of carbonyl (C=O) groups excluding carboxylic acids is 1. The number of nitrogens with zero attached hydrogens (tertiary/aromatic N) is 3. The molecule has 0 unspecified atom stereocenters. The number of carbonyl (C=O) groups is 1. The minimum Gasteiger partial charge on any atom is -0.494 e. The average molecular weight is 393 g/mol. The molecule has 7 heteroatoms. The van der Waals surface area contributed by atoms with Crippen LogP contribution in [0.1, 0.15) is 17.3 Å². The van der Waals surface area contributed by atoms with Crippen molar-refractivity contribution in [3.05, 3.63) is 77.6 Å². The molecule has 0 atom stereocenters. The van der Waals surface area contributed by atoms with Crippen LogP contribution in [-0.4, -0.2) is 27.1 Å². The van der Waals surface area contributed by atoms with Gasteiger partial charge in [0.05, 0.1) is 18.5 Å². The second-order valence-corrected chi connectivity index (χ2v) is 6.48. The lowest BCUT2D eigenvalue weighted by molar-refractivity contribution is 0.102. The van der Waals surface area contributed by atoms with Crippen LogP contribution < -0.4 is 10.1 Å². The molecule has 0 aliphatic rings. The number of nitrogens with one attached hydrogen (secondary N) is 1. The average Bonchev–Trinajstić information content (AvgIpc) is 3.15. The van der Waals surface area contributed by atoms with Gasteiger partial charge in [0.2, 0.25) is 0 Å². The first-order chi connectivity index (χ1) is 13.7. The molecule has 0 spiro atoms. The molecule has 2 heterocycles. The predicted molar refractivity (Wildman–Crippen MR) is 109 cm³/mol. The lowest BCUT2D eigenvalue weighted by Crippen LogP contribution is -2.12. The van der Waals surface area contributed by atoms with Gasteiger partial charge < -0.3 is 10.1 Å². The number of fused-ring (bicyclic) bond motifs is 1. The molecule has 140 valence electrons. The molecular formula is C21H17ClN4O2. The number of anilines is 1. The number of rotatable bonds is 5. The number of halogens is 1. The van der Waals surface area contributed by atoms with E-state index in [2.05, 4.69) is 15.4 Å². The van der Waals surface area contributed by atoms with E-state index in [1.807, 2.05) is 37.3 Å². The second kappa shape index (κ2) is 7.70. The van der Waals surface area contributed by atoms with Crippen LogP contribution in [-0.2, 0) is 0 Å². The van der Waals surface area contributed by atoms with E-state index in [0.717, 1.165) is 17.0 Å². The zero-order valence-corrected chi connectivity index (χ0v) is 15.8. The highest BCUT2D eigenvalue weighted by Gasteiger charge is 2.16. The van der Waals surface area contributed by atoms with Crippen molar-refractivity contribution in [1.29, 1.82) is 0 Å². The second-order valence-electron chi connectivity index (χ2n) is 6.04. The molecule has 1 N–H and O–H groups in total. The highest BCUT2D eigenvalue weighted by molar-refractivity contribution is 6.30. The summed E-state index contributed by atoms with van der Waals surface area (Å²) in [6.45, 7) is 2.56. The van der Waals surface area contributed by atoms with Crippen LogP contribution in [0.3, 0.4) is 0 Å². The Hall–Kier alpha value is -3.38. The smallest absolute Gasteiger partial charge is 0.261 e. The van der Waals surface area contributed by atoms with E-state index in [9.17, 15) is 4.79 Å². The molecule has 4 rings (SSSR count). The number of ether oxygens (including phenoxy) is 1. The van der Waals surface area contributed by atoms with Crippen LogP contribution in [0.25, 0.3) is 16.9 Å². The fraction of sp³-hybridized carbons (Fsp3) is 0.0952. The van der Waals surface area contributed by atoms with E-state index in [4.69, 9.17) is 16.3 Å². The van der Waals surface area contributed by atoms with Gasteiger partial charge in [-0.3, -0.25) is 4.79 Å². The number of aromatic nitrogens is 3. The zero-order chi connectivity index (χ0) is 19.5. The summed E-state index contributed by atoms with van der Waals surface area (Å²) in [5, 5.41) is 7.82. The van der Waals surface area contributed by atoms with Crippen molar-refractivity contribution in [2.75, 3.05) is 11.9 Å². The summed E-state index contributed by atoms with van der Waals surface area (Å²) >= 11 is 5.88. The molecule has 4 aromatic rings. The van der Waals surface area contributed by atoms with Crippen molar-refractivity contribution in [1.82, 2.24) is 14.6 Å². The summed E-state index contributed by atoms with van der Waals surface area (Å²) in [5.74, 6) is 0.522. The van der Waals surface area contributed by atoms with Crippen molar-refractivity contribution in [3.8, 4) is 17.0 Å². The molecule has 0 fully saturated rings. The van der Waals surface area contributed by atoms with E-state index in [1.165, 1.54) is 6.20 Å². The SMILES string of the molecule is CCOc1ccc(-c2ccnc3c(C(=O)Nc4ccc(Cl)cc4)cnn23)cc1. The van der Waals surface area contributed by atoms with E-state index in [0.29, 0.717) is 28.5 Å². The molecule has 6 nitrogen and oxygen atoms in total. The van der Waals surface area contributed by atoms with Gasteiger partial charge in [-0.2, -0.15) is 5.10 Å². The summed E-state index contributed by atoms with van der Waals surface area (Å²) in [4.78, 5) is 17.0. The van der Waals surface area contributed by atoms with Crippen molar-refractivity contribution >= 4 is 28.8 Å². The third kappa shape index (κ3) is 3.54. The minimum absolute atomic E-state index is 0.284. The first-order valence-corrected chi connectivity index (χ1v) is 9.16. The normalized spacial score (nSPS) is 10.8. The Morgan fingerprint density at radius 1 is 1.11 bits per heavy atom. The Balaban J connectivity index is 1.66. The Labute approximate surface area is 166 Å². The zero-order valence-electron chi connectivity index (χ0n) is 15.1. The predicted octanol–water partition coefficient (Wildman–Crippen LogP) is 4.70. The van der Waals surface area contributed by atoms with Crippen molar-refractivity contribution in [2.45, 2.75) is 6.92 Å². The van der Waals surface area contributed by atoms with Gasteiger partial charge in [0, 0.05) is 22.5 Å². The highest BCUT2D eigenvalue weighted by Crippen LogP contribution is 2.24. The summed E-state index contributed by atoms with van der Waals surface area (Å²) in [6.07, 6.45) is 3.19. The van der Waals surface area contributed by atoms with Crippen molar-refractivity contribution < 1.29 is 9.53 Å². The standard InChI is InChI=1S/C21H17ClN4O2/c1-2-28-17-9-3-14(4-10-17)19-11-12-23-20-18(13-24-26(19)20)21(27)25-16-7-5-15(22)6-8-16/h3-13H,2H2,1H3,(H,25,27). The minimum atomic E-state index is -0.284. The Kier molecular flexibility index (Phi) is 4.95. The summed E-state index contributed by atoms with van der Waals surface area (Å²) < 4.78 is 7.15. The fourth-order valence-corrected chi connectivity index (χ4v) is 3.02. The van der Waals surface area contributed by atoms with Crippen LogP contribution >= 0.6 is 11.6 Å². The summed E-state index contributed by atoms with van der Waals surface area (Å²) in [6, 6.07) is 16.5. The van der Waals surface area contributed by atoms with Gasteiger partial charge in [-0.05, 0) is 61.5 Å². The lowest BCUT2D eigenvalue weighted by Gasteiger charge is -2.07. The first kappa shape index (κ1) is 18.0. The Bertz CT molecular complexity index is 1120. The molecule has 2 aromatic heterocycles. The van der Waals surface area contributed by atoms with Gasteiger partial charge in [0.15, 0.2) is 5.65 Å². The third-order valence-electron chi connectivity index (χ3n) is 4.21. The maximum atomic E-state index is 12.7. The lowest BCUT2D eigenvalue weighted by atomic mass is 10.1. The molecule has 28 heavy (non-hydrogen) atoms. The topological polar surface area (TPSA) is 68.5 Å². The fourth-order valence-electron chi connectivity index (χ4n) is 2.89. The van der Waals surface area contributed by atoms with E-state index in [1.54, 1.807) is 35.0 Å². The van der Waals surface area contributed by atoms with Crippen LogP contribution in [0.15, 0.2) is 67.0 Å². The van der Waals surface area contributed by atoms with E-state index in [-0.39, 0.29) is 5.91 Å². The highest BCUT2D eigenvalue weighted by atomic mass is 35.5. The van der Waals surface area contributed by atoms with Crippen molar-refractivity contribution in [3.63, 3.8) is 0 Å². The Morgan fingerprint density at radius 2 is 1.86 bits per heavy atom. The molecule has 0 aliphatic carbocycles. The van der Waals surface area contributed by atoms with Gasteiger partial charge in [-0.25, -0.2) is 9.50 Å². The van der Waals surface area contributed by atoms with E-state index < -0.39 is 0 Å². The monoisotopic (exact) mass is 392 g/mol. The molecule has 0 bridgehead atoms. The van der Waals surface area contributed by atoms with Gasteiger partial charge in [-0.15, -0.1) is 0 Å². The maximum absolute atomic E-state index is 12.7. The maximum Gasteiger partial charge on any atom is 0.261 e. The first-order valence-electron chi connectivity index (χ1n) is 8.78. The Morgan fingerprint density at radius 3 is 2.57 bits per heavy atom. The van der Waals surface area contributed by atoms with Crippen molar-refractivity contribution in [2.24, 2.45) is 0 Å². The quantitative estimate of drug-likeness (QED) is 0.534. The third-order valence-corrected chi connectivity index (χ3v) is 4.46. The van der Waals surface area contributed by atoms with Gasteiger partial charge in [0.25, 0.3) is 5.91 Å². The number of benzene rings is 2. The molecule has 0 saturated carbocycles. The van der Waals surface area contributed by atoms with Crippen LogP contribution in [0, 0.1) is 0 Å². The van der Waals surface area contributed by atoms with Gasteiger partial charge in [-0.1, -0.05) is 11.6 Å². The molecule has 1 amide bonds. The van der Waals surface area contributed by atoms with Crippen LogP contribution in [0.5, 0.6) is 5.75 Å². The van der Waals surface area contributed by atoms with Crippen LogP contribution in [0.2, 0.25) is 5.02 Å². The molecule has 0 radical (unpaired) electrons. The van der Waals surface area contributed by atoms with E-state index >= 15 is 0 Å². The summed E-state index contributed by atoms with van der Waals surface area (Å²) in [5.41, 5.74) is 3.30. The van der Waals surface area contributed by atoms with Crippen LogP contribution in [0.4, 0.5) is 5.69 Å². The van der Waals surface area contributed by atoms with Gasteiger partial charge >= 0.3 is 0 Å². The number of amides is 1. The largest absolute Gasteiger partial charge is 0.494 e. The van der Waals surface area contributed by atoms with Gasteiger partial charge in [0.1, 0.15) is 11.3 Å². The number of hydrogen-bond acceptors (Lipinski definition) is 4. The molecule has 0 aliphatic heterocycles. The molecule has 2 aromatic carbocycles. The molecule has 0 saturated heterocycles. The number of hydrogen-bond donors (Lipinski definition) is 1. The molecular weight excluding hydrogens is 376 g/mol. The summed E-state index contributed by atoms with van der Waals surface area (Å²) in [7, 11) is 0.